The van der Waals surface area contributed by atoms with Gasteiger partial charge in [-0.25, -0.2) is 9.59 Å². The van der Waals surface area contributed by atoms with Gasteiger partial charge < -0.3 is 15.0 Å². The fourth-order valence-corrected chi connectivity index (χ4v) is 2.28. The van der Waals surface area contributed by atoms with Crippen LogP contribution in [0.25, 0.3) is 0 Å². The monoisotopic (exact) mass is 333 g/mol. The lowest BCUT2D eigenvalue weighted by atomic mass is 10.2. The van der Waals surface area contributed by atoms with Gasteiger partial charge in [0.15, 0.2) is 6.61 Å². The predicted molar refractivity (Wildman–Crippen MR) is 85.5 cm³/mol. The van der Waals surface area contributed by atoms with E-state index in [1.807, 2.05) is 5.32 Å². The van der Waals surface area contributed by atoms with E-state index in [1.54, 1.807) is 24.0 Å². The van der Waals surface area contributed by atoms with Crippen molar-refractivity contribution in [3.63, 3.8) is 0 Å². The molecule has 1 aromatic carbocycles. The summed E-state index contributed by atoms with van der Waals surface area (Å²) in [7, 11) is 0. The van der Waals surface area contributed by atoms with Gasteiger partial charge in [0.05, 0.1) is 5.56 Å². The van der Waals surface area contributed by atoms with Crippen molar-refractivity contribution in [1.29, 1.82) is 0 Å². The van der Waals surface area contributed by atoms with Crippen LogP contribution in [-0.2, 0) is 14.3 Å². The molecule has 24 heavy (non-hydrogen) atoms. The summed E-state index contributed by atoms with van der Waals surface area (Å²) in [5.74, 6) is -1.33. The van der Waals surface area contributed by atoms with Crippen LogP contribution in [0.3, 0.4) is 0 Å². The smallest absolute Gasteiger partial charge is 0.338 e. The first kappa shape index (κ1) is 17.5. The van der Waals surface area contributed by atoms with Crippen molar-refractivity contribution in [1.82, 2.24) is 10.6 Å². The van der Waals surface area contributed by atoms with E-state index in [-0.39, 0.29) is 11.5 Å². The highest BCUT2D eigenvalue weighted by Gasteiger charge is 2.21. The largest absolute Gasteiger partial charge is 0.452 e. The fraction of sp³-hybridized carbons (Fsp3) is 0.375. The molecule has 2 rings (SSSR count). The molecule has 1 fully saturated rings. The van der Waals surface area contributed by atoms with E-state index in [0.29, 0.717) is 19.5 Å². The molecule has 0 atom stereocenters. The Morgan fingerprint density at radius 3 is 2.50 bits per heavy atom. The number of imide groups is 1. The maximum atomic E-state index is 11.9. The number of esters is 1. The van der Waals surface area contributed by atoms with Gasteiger partial charge in [0.25, 0.3) is 5.91 Å². The third-order valence-electron chi connectivity index (χ3n) is 3.41. The van der Waals surface area contributed by atoms with Crippen molar-refractivity contribution in [2.75, 3.05) is 24.6 Å². The zero-order valence-corrected chi connectivity index (χ0v) is 13.3. The number of carbonyl (C=O) groups excluding carboxylic acids is 4. The lowest BCUT2D eigenvalue weighted by molar-refractivity contribution is -0.123. The Morgan fingerprint density at radius 1 is 1.21 bits per heavy atom. The summed E-state index contributed by atoms with van der Waals surface area (Å²) in [6, 6.07) is 5.75. The number of hydrogen-bond acceptors (Lipinski definition) is 5. The zero-order chi connectivity index (χ0) is 17.5. The molecule has 128 valence electrons. The van der Waals surface area contributed by atoms with E-state index >= 15 is 0 Å². The number of amides is 4. The van der Waals surface area contributed by atoms with Crippen molar-refractivity contribution in [2.45, 2.75) is 19.8 Å². The van der Waals surface area contributed by atoms with E-state index in [4.69, 9.17) is 4.74 Å². The van der Waals surface area contributed by atoms with Crippen molar-refractivity contribution >= 4 is 29.5 Å². The molecule has 1 saturated heterocycles. The molecule has 0 spiro atoms. The van der Waals surface area contributed by atoms with Crippen molar-refractivity contribution in [3.05, 3.63) is 29.8 Å². The molecule has 0 aliphatic carbocycles. The van der Waals surface area contributed by atoms with E-state index in [2.05, 4.69) is 5.32 Å². The molecule has 1 heterocycles. The molecular weight excluding hydrogens is 314 g/mol. The van der Waals surface area contributed by atoms with Crippen LogP contribution >= 0.6 is 0 Å². The number of anilines is 1. The molecule has 4 amide bonds. The highest BCUT2D eigenvalue weighted by molar-refractivity contribution is 5.98. The number of rotatable bonds is 5. The van der Waals surface area contributed by atoms with Crippen LogP contribution in [0, 0.1) is 0 Å². The van der Waals surface area contributed by atoms with Gasteiger partial charge in [0.1, 0.15) is 0 Å². The molecule has 2 N–H and O–H groups in total. The van der Waals surface area contributed by atoms with Crippen molar-refractivity contribution in [3.8, 4) is 0 Å². The summed E-state index contributed by atoms with van der Waals surface area (Å²) in [5.41, 5.74) is 0.985. The van der Waals surface area contributed by atoms with Crippen LogP contribution in [0.4, 0.5) is 10.5 Å². The van der Waals surface area contributed by atoms with Gasteiger partial charge in [-0.15, -0.1) is 0 Å². The van der Waals surface area contributed by atoms with Gasteiger partial charge in [-0.3, -0.25) is 14.9 Å². The van der Waals surface area contributed by atoms with Gasteiger partial charge in [-0.05, 0) is 37.6 Å². The minimum Gasteiger partial charge on any atom is -0.452 e. The summed E-state index contributed by atoms with van der Waals surface area (Å²) < 4.78 is 4.84. The lowest BCUT2D eigenvalue weighted by Gasteiger charge is -2.15. The first-order valence-electron chi connectivity index (χ1n) is 7.66. The van der Waals surface area contributed by atoms with Crippen molar-refractivity contribution < 1.29 is 23.9 Å². The molecule has 8 heteroatoms. The average molecular weight is 333 g/mol. The first-order chi connectivity index (χ1) is 11.5. The third-order valence-corrected chi connectivity index (χ3v) is 3.41. The van der Waals surface area contributed by atoms with E-state index < -0.39 is 24.5 Å². The number of benzene rings is 1. The normalized spacial score (nSPS) is 13.5. The molecule has 1 aliphatic heterocycles. The maximum Gasteiger partial charge on any atom is 0.338 e. The van der Waals surface area contributed by atoms with Gasteiger partial charge in [0.2, 0.25) is 5.91 Å². The van der Waals surface area contributed by atoms with Crippen molar-refractivity contribution in [2.24, 2.45) is 0 Å². The second-order valence-corrected chi connectivity index (χ2v) is 5.18. The number of nitrogens with one attached hydrogen (secondary N) is 2. The first-order valence-corrected chi connectivity index (χ1v) is 7.66. The van der Waals surface area contributed by atoms with Gasteiger partial charge in [-0.2, -0.15) is 0 Å². The molecule has 0 aromatic heterocycles. The highest BCUT2D eigenvalue weighted by Crippen LogP contribution is 2.21. The number of nitrogens with zero attached hydrogens (tertiary/aromatic N) is 1. The topological polar surface area (TPSA) is 105 Å². The third kappa shape index (κ3) is 4.55. The standard InChI is InChI=1S/C16H19N3O5/c1-2-17-16(23)18-13(20)10-24-15(22)11-5-7-12(8-6-11)19-9-3-4-14(19)21/h5-8H,2-4,9-10H2,1H3,(H2,17,18,20,23). The molecule has 1 aromatic rings. The Kier molecular flexibility index (Phi) is 5.89. The maximum absolute atomic E-state index is 11.9. The SMILES string of the molecule is CCNC(=O)NC(=O)COC(=O)c1ccc(N2CCCC2=O)cc1. The summed E-state index contributed by atoms with van der Waals surface area (Å²) in [6.07, 6.45) is 1.36. The average Bonchev–Trinajstić information content (AvgIpc) is 2.99. The fourth-order valence-electron chi connectivity index (χ4n) is 2.28. The van der Waals surface area contributed by atoms with Gasteiger partial charge >= 0.3 is 12.0 Å². The highest BCUT2D eigenvalue weighted by atomic mass is 16.5. The molecule has 8 nitrogen and oxygen atoms in total. The Morgan fingerprint density at radius 2 is 1.92 bits per heavy atom. The van der Waals surface area contributed by atoms with Crippen LogP contribution in [-0.4, -0.2) is 43.5 Å². The van der Waals surface area contributed by atoms with Crippen LogP contribution in [0.1, 0.15) is 30.1 Å². The van der Waals surface area contributed by atoms with Crippen LogP contribution < -0.4 is 15.5 Å². The van der Waals surface area contributed by atoms with Gasteiger partial charge in [0, 0.05) is 25.2 Å². The number of hydrogen-bond donors (Lipinski definition) is 2. The molecule has 0 unspecified atom stereocenters. The Balaban J connectivity index is 1.85. The van der Waals surface area contributed by atoms with E-state index in [9.17, 15) is 19.2 Å². The second kappa shape index (κ2) is 8.09. The molecular formula is C16H19N3O5. The summed E-state index contributed by atoms with van der Waals surface area (Å²) in [4.78, 5) is 47.8. The molecule has 0 bridgehead atoms. The zero-order valence-electron chi connectivity index (χ0n) is 13.3. The minimum absolute atomic E-state index is 0.0624. The molecule has 0 radical (unpaired) electrons. The quantitative estimate of drug-likeness (QED) is 0.776. The van der Waals surface area contributed by atoms with Gasteiger partial charge in [-0.1, -0.05) is 0 Å². The van der Waals surface area contributed by atoms with Crippen LogP contribution in [0.15, 0.2) is 24.3 Å². The summed E-state index contributed by atoms with van der Waals surface area (Å²) in [6.45, 7) is 2.21. The molecule has 0 saturated carbocycles. The lowest BCUT2D eigenvalue weighted by Crippen LogP contribution is -2.41. The summed E-state index contributed by atoms with van der Waals surface area (Å²) in [5, 5.41) is 4.42. The Hall–Kier alpha value is -2.90. The predicted octanol–water partition coefficient (Wildman–Crippen LogP) is 0.816. The summed E-state index contributed by atoms with van der Waals surface area (Å²) >= 11 is 0. The second-order valence-electron chi connectivity index (χ2n) is 5.18. The minimum atomic E-state index is -0.714. The number of ether oxygens (including phenoxy) is 1. The van der Waals surface area contributed by atoms with E-state index in [0.717, 1.165) is 12.1 Å². The van der Waals surface area contributed by atoms with Crippen LogP contribution in [0.2, 0.25) is 0 Å². The van der Waals surface area contributed by atoms with E-state index in [1.165, 1.54) is 12.1 Å². The Labute approximate surface area is 139 Å². The molecule has 1 aliphatic rings. The van der Waals surface area contributed by atoms with Crippen LogP contribution in [0.5, 0.6) is 0 Å². The number of urea groups is 1. The Bertz CT molecular complexity index is 642. The number of carbonyl (C=O) groups is 4.